The zero-order valence-corrected chi connectivity index (χ0v) is 11.3. The normalized spacial score (nSPS) is 17.8. The number of carbonyl (C=O) groups excluding carboxylic acids is 1. The lowest BCUT2D eigenvalue weighted by Crippen LogP contribution is -2.36. The van der Waals surface area contributed by atoms with Crippen molar-refractivity contribution in [2.75, 3.05) is 7.05 Å². The minimum Gasteiger partial charge on any atom is -0.477 e. The number of aryl methyl sites for hydroxylation is 1. The van der Waals surface area contributed by atoms with Gasteiger partial charge in [0.2, 0.25) is 6.10 Å². The summed E-state index contributed by atoms with van der Waals surface area (Å²) in [7, 11) is 1.62. The lowest BCUT2D eigenvalue weighted by Gasteiger charge is -2.18. The number of rotatable bonds is 4. The van der Waals surface area contributed by atoms with Crippen molar-refractivity contribution in [1.29, 1.82) is 0 Å². The molecule has 1 aliphatic heterocycles. The maximum Gasteiger partial charge on any atom is 0.353 e. The van der Waals surface area contributed by atoms with Gasteiger partial charge in [0.05, 0.1) is 17.2 Å². The van der Waals surface area contributed by atoms with Gasteiger partial charge in [0.1, 0.15) is 0 Å². The van der Waals surface area contributed by atoms with Crippen LogP contribution in [0, 0.1) is 6.92 Å². The first-order chi connectivity index (χ1) is 8.97. The fourth-order valence-electron chi connectivity index (χ4n) is 1.68. The minimum absolute atomic E-state index is 0.00536. The molecule has 1 aliphatic rings. The number of carboxylic acid groups (broad SMARTS) is 1. The Labute approximate surface area is 113 Å². The van der Waals surface area contributed by atoms with Crippen LogP contribution < -0.4 is 0 Å². The van der Waals surface area contributed by atoms with Gasteiger partial charge in [-0.2, -0.15) is 0 Å². The number of thiazole rings is 1. The van der Waals surface area contributed by atoms with E-state index in [1.165, 1.54) is 16.2 Å². The molecule has 2 heterocycles. The third-order valence-corrected chi connectivity index (χ3v) is 3.46. The number of amides is 1. The molecule has 19 heavy (non-hydrogen) atoms. The molecule has 0 aromatic carbocycles. The molecule has 0 radical (unpaired) electrons. The Kier molecular flexibility index (Phi) is 3.79. The molecule has 1 unspecified atom stereocenters. The van der Waals surface area contributed by atoms with E-state index in [4.69, 9.17) is 9.94 Å². The molecule has 0 spiro atoms. The van der Waals surface area contributed by atoms with Crippen LogP contribution in [0.1, 0.15) is 17.1 Å². The van der Waals surface area contributed by atoms with E-state index in [0.717, 1.165) is 10.7 Å². The number of hydrogen-bond donors (Lipinski definition) is 1. The summed E-state index contributed by atoms with van der Waals surface area (Å²) in [5, 5.41) is 14.9. The summed E-state index contributed by atoms with van der Waals surface area (Å²) in [6, 6.07) is 0. The number of carbonyl (C=O) groups is 2. The Balaban J connectivity index is 1.92. The molecule has 1 amide bonds. The largest absolute Gasteiger partial charge is 0.477 e. The Bertz CT molecular complexity index is 540. The molecular weight excluding hydrogens is 270 g/mol. The van der Waals surface area contributed by atoms with Crippen LogP contribution in [0.5, 0.6) is 0 Å². The van der Waals surface area contributed by atoms with Gasteiger partial charge in [-0.1, -0.05) is 5.16 Å². The highest BCUT2D eigenvalue weighted by molar-refractivity contribution is 7.09. The van der Waals surface area contributed by atoms with E-state index in [0.29, 0.717) is 6.54 Å². The van der Waals surface area contributed by atoms with Crippen molar-refractivity contribution in [1.82, 2.24) is 9.88 Å². The van der Waals surface area contributed by atoms with Gasteiger partial charge < -0.3 is 14.8 Å². The zero-order valence-electron chi connectivity index (χ0n) is 10.5. The van der Waals surface area contributed by atoms with Crippen molar-refractivity contribution in [3.8, 4) is 0 Å². The first-order valence-corrected chi connectivity index (χ1v) is 6.47. The molecule has 102 valence electrons. The molecule has 8 heteroatoms. The van der Waals surface area contributed by atoms with Crippen molar-refractivity contribution in [2.45, 2.75) is 26.0 Å². The topological polar surface area (TPSA) is 92.1 Å². The standard InChI is InChI=1S/C11H13N3O4S/c1-6-12-7(5-19-6)4-14(2)10(15)9-3-8(11(16)17)13-18-9/h5,9H,3-4H2,1-2H3,(H,16,17). The highest BCUT2D eigenvalue weighted by Gasteiger charge is 2.33. The minimum atomic E-state index is -1.16. The summed E-state index contributed by atoms with van der Waals surface area (Å²) in [5.41, 5.74) is 0.673. The number of aromatic nitrogens is 1. The molecule has 1 aromatic heterocycles. The second-order valence-electron chi connectivity index (χ2n) is 4.19. The molecule has 1 N–H and O–H groups in total. The van der Waals surface area contributed by atoms with Crippen molar-refractivity contribution >= 4 is 28.9 Å². The van der Waals surface area contributed by atoms with Gasteiger partial charge in [0.25, 0.3) is 5.91 Å². The Morgan fingerprint density at radius 3 is 2.89 bits per heavy atom. The average Bonchev–Trinajstić information content (AvgIpc) is 2.97. The van der Waals surface area contributed by atoms with E-state index in [2.05, 4.69) is 10.1 Å². The fraction of sp³-hybridized carbons (Fsp3) is 0.455. The molecule has 1 atom stereocenters. The van der Waals surface area contributed by atoms with Crippen LogP contribution in [0.25, 0.3) is 0 Å². The Morgan fingerprint density at radius 1 is 1.63 bits per heavy atom. The molecule has 7 nitrogen and oxygen atoms in total. The van der Waals surface area contributed by atoms with Crippen LogP contribution in [0.15, 0.2) is 10.5 Å². The van der Waals surface area contributed by atoms with Gasteiger partial charge in [-0.15, -0.1) is 11.3 Å². The van der Waals surface area contributed by atoms with Crippen molar-refractivity contribution in [3.05, 3.63) is 16.1 Å². The zero-order chi connectivity index (χ0) is 14.0. The monoisotopic (exact) mass is 283 g/mol. The summed E-state index contributed by atoms with van der Waals surface area (Å²) in [6.45, 7) is 2.26. The molecular formula is C11H13N3O4S. The summed E-state index contributed by atoms with van der Waals surface area (Å²) in [6.07, 6.45) is -0.856. The maximum atomic E-state index is 12.0. The number of likely N-dealkylation sites (N-methyl/N-ethyl adjacent to an activating group) is 1. The molecule has 0 saturated heterocycles. The highest BCUT2D eigenvalue weighted by Crippen LogP contribution is 2.15. The van der Waals surface area contributed by atoms with Crippen LogP contribution in [0.2, 0.25) is 0 Å². The maximum absolute atomic E-state index is 12.0. The van der Waals surface area contributed by atoms with Crippen LogP contribution in [-0.2, 0) is 21.0 Å². The van der Waals surface area contributed by atoms with E-state index >= 15 is 0 Å². The molecule has 1 aromatic rings. The van der Waals surface area contributed by atoms with E-state index < -0.39 is 12.1 Å². The SMILES string of the molecule is Cc1nc(CN(C)C(=O)C2CC(C(=O)O)=NO2)cs1. The first kappa shape index (κ1) is 13.5. The van der Waals surface area contributed by atoms with Gasteiger partial charge >= 0.3 is 5.97 Å². The lowest BCUT2D eigenvalue weighted by molar-refractivity contribution is -0.141. The predicted molar refractivity (Wildman–Crippen MR) is 67.9 cm³/mol. The van der Waals surface area contributed by atoms with Gasteiger partial charge in [0.15, 0.2) is 5.71 Å². The smallest absolute Gasteiger partial charge is 0.353 e. The van der Waals surface area contributed by atoms with Gasteiger partial charge in [-0.3, -0.25) is 4.79 Å². The fourth-order valence-corrected chi connectivity index (χ4v) is 2.29. The first-order valence-electron chi connectivity index (χ1n) is 5.59. The number of nitrogens with zero attached hydrogens (tertiary/aromatic N) is 3. The summed E-state index contributed by atoms with van der Waals surface area (Å²) in [4.78, 5) is 33.3. The number of hydrogen-bond acceptors (Lipinski definition) is 6. The molecule has 0 aliphatic carbocycles. The van der Waals surface area contributed by atoms with Gasteiger partial charge in [0, 0.05) is 18.8 Å². The third-order valence-electron chi connectivity index (χ3n) is 2.63. The molecule has 0 bridgehead atoms. The number of carboxylic acids is 1. The summed E-state index contributed by atoms with van der Waals surface area (Å²) >= 11 is 1.51. The van der Waals surface area contributed by atoms with Crippen LogP contribution in [-0.4, -0.2) is 45.7 Å². The third kappa shape index (κ3) is 3.08. The van der Waals surface area contributed by atoms with Gasteiger partial charge in [-0.05, 0) is 6.92 Å². The van der Waals surface area contributed by atoms with Crippen molar-refractivity contribution in [2.24, 2.45) is 5.16 Å². The molecule has 2 rings (SSSR count). The quantitative estimate of drug-likeness (QED) is 0.875. The van der Waals surface area contributed by atoms with Crippen molar-refractivity contribution in [3.63, 3.8) is 0 Å². The van der Waals surface area contributed by atoms with Crippen molar-refractivity contribution < 1.29 is 19.5 Å². The summed E-state index contributed by atoms with van der Waals surface area (Å²) in [5.74, 6) is -1.46. The Hall–Kier alpha value is -1.96. The number of oxime groups is 1. The van der Waals surface area contributed by atoms with E-state index in [9.17, 15) is 9.59 Å². The van der Waals surface area contributed by atoms with Crippen LogP contribution >= 0.6 is 11.3 Å². The van der Waals surface area contributed by atoms with E-state index in [-0.39, 0.29) is 18.0 Å². The van der Waals surface area contributed by atoms with Gasteiger partial charge in [-0.25, -0.2) is 9.78 Å². The predicted octanol–water partition coefficient (Wildman–Crippen LogP) is 0.639. The van der Waals surface area contributed by atoms with Crippen LogP contribution in [0.3, 0.4) is 0 Å². The van der Waals surface area contributed by atoms with E-state index in [1.807, 2.05) is 12.3 Å². The van der Waals surface area contributed by atoms with Crippen LogP contribution in [0.4, 0.5) is 0 Å². The van der Waals surface area contributed by atoms with E-state index in [1.54, 1.807) is 7.05 Å². The summed E-state index contributed by atoms with van der Waals surface area (Å²) < 4.78 is 0. The number of aliphatic carboxylic acids is 1. The molecule has 0 saturated carbocycles. The second kappa shape index (κ2) is 5.35. The second-order valence-corrected chi connectivity index (χ2v) is 5.26. The average molecular weight is 283 g/mol. The molecule has 0 fully saturated rings. The Morgan fingerprint density at radius 2 is 2.37 bits per heavy atom. The lowest BCUT2D eigenvalue weighted by atomic mass is 10.1. The highest BCUT2D eigenvalue weighted by atomic mass is 32.1.